The predicted octanol–water partition coefficient (Wildman–Crippen LogP) is 6.22. The molecule has 1 saturated carbocycles. The van der Waals surface area contributed by atoms with Gasteiger partial charge in [-0.1, -0.05) is 68.6 Å². The Balaban J connectivity index is 1.74. The molecule has 0 bridgehead atoms. The first-order chi connectivity index (χ1) is 12.0. The highest BCUT2D eigenvalue weighted by atomic mass is 35.5. The lowest BCUT2D eigenvalue weighted by atomic mass is 9.88. The van der Waals surface area contributed by atoms with E-state index in [9.17, 15) is 0 Å². The van der Waals surface area contributed by atoms with E-state index in [1.807, 2.05) is 18.2 Å². The number of anilines is 1. The molecule has 0 heterocycles. The summed E-state index contributed by atoms with van der Waals surface area (Å²) in [4.78, 5) is 0. The highest BCUT2D eigenvalue weighted by Gasteiger charge is 2.37. The van der Waals surface area contributed by atoms with E-state index in [-0.39, 0.29) is 5.54 Å². The van der Waals surface area contributed by atoms with Gasteiger partial charge in [-0.15, -0.1) is 0 Å². The van der Waals surface area contributed by atoms with Crippen LogP contribution in [0.5, 0.6) is 0 Å². The normalized spacial score (nSPS) is 16.0. The van der Waals surface area contributed by atoms with Gasteiger partial charge in [-0.25, -0.2) is 0 Å². The standard InChI is InChI=1S/C21H25ClN2S/c1-15(2)16-9-11-17(12-10-16)23-20(25)24-21(13-5-6-14-21)18-7-3-4-8-19(18)22/h3-4,7-12,15H,5-6,13-14H2,1-2H3,(H2,23,24,25). The molecule has 2 nitrogen and oxygen atoms in total. The molecule has 0 spiro atoms. The number of rotatable bonds is 4. The Morgan fingerprint density at radius 2 is 1.68 bits per heavy atom. The monoisotopic (exact) mass is 372 g/mol. The average molecular weight is 373 g/mol. The second-order valence-corrected chi connectivity index (χ2v) is 7.94. The molecule has 0 aliphatic heterocycles. The van der Waals surface area contributed by atoms with Crippen LogP contribution in [0.2, 0.25) is 5.02 Å². The number of hydrogen-bond donors (Lipinski definition) is 2. The van der Waals surface area contributed by atoms with Crippen molar-refractivity contribution in [2.24, 2.45) is 0 Å². The zero-order valence-corrected chi connectivity index (χ0v) is 16.4. The highest BCUT2D eigenvalue weighted by molar-refractivity contribution is 7.80. The SMILES string of the molecule is CC(C)c1ccc(NC(=S)NC2(c3ccccc3Cl)CCCC2)cc1. The summed E-state index contributed by atoms with van der Waals surface area (Å²) < 4.78 is 0. The maximum absolute atomic E-state index is 6.48. The summed E-state index contributed by atoms with van der Waals surface area (Å²) in [6, 6.07) is 16.6. The molecule has 0 saturated heterocycles. The van der Waals surface area contributed by atoms with Crippen LogP contribution in [0.25, 0.3) is 0 Å². The molecule has 2 aromatic carbocycles. The van der Waals surface area contributed by atoms with Gasteiger partial charge in [-0.3, -0.25) is 0 Å². The zero-order valence-electron chi connectivity index (χ0n) is 14.8. The lowest BCUT2D eigenvalue weighted by Crippen LogP contribution is -2.45. The molecule has 0 amide bonds. The first-order valence-electron chi connectivity index (χ1n) is 8.94. The first kappa shape index (κ1) is 18.2. The largest absolute Gasteiger partial charge is 0.353 e. The van der Waals surface area contributed by atoms with Crippen LogP contribution in [0, 0.1) is 0 Å². The molecule has 0 aromatic heterocycles. The Bertz CT molecular complexity index is 734. The van der Waals surface area contributed by atoms with Crippen molar-refractivity contribution in [3.63, 3.8) is 0 Å². The maximum atomic E-state index is 6.48. The second-order valence-electron chi connectivity index (χ2n) is 7.12. The smallest absolute Gasteiger partial charge is 0.171 e. The summed E-state index contributed by atoms with van der Waals surface area (Å²) >= 11 is 12.1. The molecule has 0 unspecified atom stereocenters. The third-order valence-electron chi connectivity index (χ3n) is 5.03. The lowest BCUT2D eigenvalue weighted by Gasteiger charge is -2.33. The van der Waals surface area contributed by atoms with Crippen molar-refractivity contribution in [2.75, 3.05) is 5.32 Å². The van der Waals surface area contributed by atoms with Crippen molar-refractivity contribution in [1.29, 1.82) is 0 Å². The van der Waals surface area contributed by atoms with E-state index in [1.165, 1.54) is 18.4 Å². The van der Waals surface area contributed by atoms with Gasteiger partial charge < -0.3 is 10.6 Å². The molecule has 3 rings (SSSR count). The molecule has 25 heavy (non-hydrogen) atoms. The van der Waals surface area contributed by atoms with E-state index in [4.69, 9.17) is 23.8 Å². The lowest BCUT2D eigenvalue weighted by molar-refractivity contribution is 0.408. The summed E-state index contributed by atoms with van der Waals surface area (Å²) in [5, 5.41) is 8.36. The fraction of sp³-hybridized carbons (Fsp3) is 0.381. The Morgan fingerprint density at radius 1 is 1.04 bits per heavy atom. The van der Waals surface area contributed by atoms with Crippen molar-refractivity contribution < 1.29 is 0 Å². The van der Waals surface area contributed by atoms with Crippen molar-refractivity contribution in [1.82, 2.24) is 5.32 Å². The second kappa shape index (κ2) is 7.76. The Kier molecular flexibility index (Phi) is 5.65. The van der Waals surface area contributed by atoms with E-state index in [0.717, 1.165) is 29.1 Å². The number of benzene rings is 2. The van der Waals surface area contributed by atoms with Crippen LogP contribution in [-0.4, -0.2) is 5.11 Å². The summed E-state index contributed by atoms with van der Waals surface area (Å²) in [5.41, 5.74) is 3.32. The van der Waals surface area contributed by atoms with Crippen LogP contribution in [0.4, 0.5) is 5.69 Å². The minimum atomic E-state index is -0.166. The molecule has 132 valence electrons. The summed E-state index contributed by atoms with van der Waals surface area (Å²) in [7, 11) is 0. The number of nitrogens with one attached hydrogen (secondary N) is 2. The molecule has 0 radical (unpaired) electrons. The van der Waals surface area contributed by atoms with Gasteiger partial charge in [0.25, 0.3) is 0 Å². The van der Waals surface area contributed by atoms with Crippen LogP contribution < -0.4 is 10.6 Å². The van der Waals surface area contributed by atoms with Crippen molar-refractivity contribution >= 4 is 34.6 Å². The molecule has 2 N–H and O–H groups in total. The quantitative estimate of drug-likeness (QED) is 0.623. The minimum Gasteiger partial charge on any atom is -0.353 e. The summed E-state index contributed by atoms with van der Waals surface area (Å²) in [6.45, 7) is 4.39. The molecule has 1 fully saturated rings. The number of halogens is 1. The fourth-order valence-corrected chi connectivity index (χ4v) is 4.25. The predicted molar refractivity (Wildman–Crippen MR) is 111 cm³/mol. The number of thiocarbonyl (C=S) groups is 1. The molecule has 4 heteroatoms. The Morgan fingerprint density at radius 3 is 2.28 bits per heavy atom. The third-order valence-corrected chi connectivity index (χ3v) is 5.57. The zero-order chi connectivity index (χ0) is 17.9. The minimum absolute atomic E-state index is 0.166. The van der Waals surface area contributed by atoms with Crippen LogP contribution in [-0.2, 0) is 5.54 Å². The molecule has 0 atom stereocenters. The van der Waals surface area contributed by atoms with Crippen LogP contribution in [0.15, 0.2) is 48.5 Å². The van der Waals surface area contributed by atoms with Crippen molar-refractivity contribution in [3.05, 3.63) is 64.7 Å². The van der Waals surface area contributed by atoms with Crippen molar-refractivity contribution in [2.45, 2.75) is 51.0 Å². The van der Waals surface area contributed by atoms with Gasteiger partial charge in [0, 0.05) is 10.7 Å². The first-order valence-corrected chi connectivity index (χ1v) is 9.73. The Labute approximate surface area is 161 Å². The topological polar surface area (TPSA) is 24.1 Å². The van der Waals surface area contributed by atoms with E-state index in [0.29, 0.717) is 11.0 Å². The van der Waals surface area contributed by atoms with Crippen LogP contribution in [0.1, 0.15) is 56.6 Å². The highest BCUT2D eigenvalue weighted by Crippen LogP contribution is 2.41. The van der Waals surface area contributed by atoms with Gasteiger partial charge in [0.2, 0.25) is 0 Å². The van der Waals surface area contributed by atoms with Gasteiger partial charge in [-0.2, -0.15) is 0 Å². The third kappa shape index (κ3) is 4.16. The van der Waals surface area contributed by atoms with Gasteiger partial charge in [0.1, 0.15) is 0 Å². The van der Waals surface area contributed by atoms with Crippen LogP contribution in [0.3, 0.4) is 0 Å². The average Bonchev–Trinajstić information content (AvgIpc) is 3.05. The number of hydrogen-bond acceptors (Lipinski definition) is 1. The van der Waals surface area contributed by atoms with Crippen molar-refractivity contribution in [3.8, 4) is 0 Å². The van der Waals surface area contributed by atoms with Gasteiger partial charge in [0.05, 0.1) is 5.54 Å². The van der Waals surface area contributed by atoms with Gasteiger partial charge in [0.15, 0.2) is 5.11 Å². The Hall–Kier alpha value is -1.58. The molecule has 2 aromatic rings. The molecular weight excluding hydrogens is 348 g/mol. The van der Waals surface area contributed by atoms with E-state index >= 15 is 0 Å². The van der Waals surface area contributed by atoms with Gasteiger partial charge >= 0.3 is 0 Å². The van der Waals surface area contributed by atoms with Gasteiger partial charge in [-0.05, 0) is 60.3 Å². The molecule has 1 aliphatic carbocycles. The molecular formula is C21H25ClN2S. The molecule has 1 aliphatic rings. The van der Waals surface area contributed by atoms with E-state index < -0.39 is 0 Å². The van der Waals surface area contributed by atoms with Crippen LogP contribution >= 0.6 is 23.8 Å². The summed E-state index contributed by atoms with van der Waals surface area (Å²) in [5.74, 6) is 0.529. The van der Waals surface area contributed by atoms with E-state index in [2.05, 4.69) is 54.8 Å². The fourth-order valence-electron chi connectivity index (χ4n) is 3.62. The maximum Gasteiger partial charge on any atom is 0.171 e. The van der Waals surface area contributed by atoms with E-state index in [1.54, 1.807) is 0 Å². The summed E-state index contributed by atoms with van der Waals surface area (Å²) in [6.07, 6.45) is 4.46.